The second-order valence-electron chi connectivity index (χ2n) is 5.64. The molecule has 1 aliphatic heterocycles. The van der Waals surface area contributed by atoms with Crippen LogP contribution >= 0.6 is 0 Å². The van der Waals surface area contributed by atoms with Gasteiger partial charge in [-0.2, -0.15) is 9.57 Å². The fraction of sp³-hybridized carbons (Fsp3) is 0.500. The molecule has 0 radical (unpaired) electrons. The zero-order chi connectivity index (χ0) is 14.3. The fourth-order valence-corrected chi connectivity index (χ4v) is 5.06. The molecule has 2 aliphatic rings. The third kappa shape index (κ3) is 2.07. The highest BCUT2D eigenvalue weighted by Crippen LogP contribution is 2.40. The van der Waals surface area contributed by atoms with E-state index in [-0.39, 0.29) is 10.5 Å². The Kier molecular flexibility index (Phi) is 3.19. The Morgan fingerprint density at radius 3 is 2.50 bits per heavy atom. The van der Waals surface area contributed by atoms with Crippen LogP contribution in [0, 0.1) is 23.2 Å². The van der Waals surface area contributed by atoms with E-state index < -0.39 is 10.0 Å². The molecule has 2 fully saturated rings. The predicted octanol–water partition coefficient (Wildman–Crippen LogP) is 1.56. The van der Waals surface area contributed by atoms with Crippen molar-refractivity contribution >= 4 is 15.7 Å². The summed E-state index contributed by atoms with van der Waals surface area (Å²) in [5, 5.41) is 9.12. The summed E-state index contributed by atoms with van der Waals surface area (Å²) in [7, 11) is -3.58. The van der Waals surface area contributed by atoms with E-state index in [2.05, 4.69) is 0 Å². The van der Waals surface area contributed by atoms with Gasteiger partial charge in [0.15, 0.2) is 0 Å². The van der Waals surface area contributed by atoms with E-state index in [1.165, 1.54) is 28.9 Å². The van der Waals surface area contributed by atoms with Crippen LogP contribution in [-0.4, -0.2) is 25.8 Å². The molecular formula is C14H17N3O2S. The molecule has 1 saturated heterocycles. The van der Waals surface area contributed by atoms with E-state index in [0.717, 1.165) is 12.8 Å². The van der Waals surface area contributed by atoms with Crippen LogP contribution in [0.2, 0.25) is 0 Å². The van der Waals surface area contributed by atoms with Gasteiger partial charge in [-0.25, -0.2) is 8.42 Å². The minimum atomic E-state index is -3.58. The van der Waals surface area contributed by atoms with Crippen LogP contribution in [0.25, 0.3) is 0 Å². The zero-order valence-corrected chi connectivity index (χ0v) is 11.9. The van der Waals surface area contributed by atoms with Crippen molar-refractivity contribution in [3.05, 3.63) is 23.8 Å². The van der Waals surface area contributed by atoms with Gasteiger partial charge >= 0.3 is 0 Å². The van der Waals surface area contributed by atoms with Gasteiger partial charge in [-0.3, -0.25) is 0 Å². The van der Waals surface area contributed by atoms with Crippen molar-refractivity contribution in [3.63, 3.8) is 0 Å². The lowest BCUT2D eigenvalue weighted by atomic mass is 10.0. The molecule has 1 heterocycles. The van der Waals surface area contributed by atoms with Crippen LogP contribution in [0.4, 0.5) is 5.69 Å². The first-order valence-corrected chi connectivity index (χ1v) is 8.26. The van der Waals surface area contributed by atoms with Gasteiger partial charge in [0.25, 0.3) is 0 Å². The van der Waals surface area contributed by atoms with Crippen LogP contribution in [0.5, 0.6) is 0 Å². The van der Waals surface area contributed by atoms with Gasteiger partial charge in [-0.05, 0) is 42.9 Å². The number of fused-ring (bicyclic) bond motifs is 1. The van der Waals surface area contributed by atoms with Gasteiger partial charge in [0.1, 0.15) is 11.0 Å². The molecule has 0 amide bonds. The number of nitriles is 1. The van der Waals surface area contributed by atoms with Gasteiger partial charge < -0.3 is 5.73 Å². The molecule has 0 bridgehead atoms. The minimum absolute atomic E-state index is 0.0779. The third-order valence-corrected chi connectivity index (χ3v) is 6.32. The summed E-state index contributed by atoms with van der Waals surface area (Å²) in [6, 6.07) is 6.33. The highest BCUT2D eigenvalue weighted by atomic mass is 32.2. The molecule has 0 spiro atoms. The van der Waals surface area contributed by atoms with Crippen LogP contribution < -0.4 is 5.73 Å². The number of benzene rings is 1. The molecular weight excluding hydrogens is 274 g/mol. The number of sulfonamides is 1. The Balaban J connectivity index is 1.95. The first-order valence-electron chi connectivity index (χ1n) is 6.82. The normalized spacial score (nSPS) is 26.4. The van der Waals surface area contributed by atoms with Gasteiger partial charge in [-0.15, -0.1) is 0 Å². The summed E-state index contributed by atoms with van der Waals surface area (Å²) in [4.78, 5) is 0.0779. The fourth-order valence-electron chi connectivity index (χ4n) is 3.39. The Morgan fingerprint density at radius 2 is 1.90 bits per heavy atom. The maximum Gasteiger partial charge on any atom is 0.244 e. The molecule has 6 heteroatoms. The van der Waals surface area contributed by atoms with Crippen molar-refractivity contribution in [2.24, 2.45) is 11.8 Å². The van der Waals surface area contributed by atoms with E-state index in [9.17, 15) is 8.42 Å². The monoisotopic (exact) mass is 291 g/mol. The Labute approximate surface area is 119 Å². The van der Waals surface area contributed by atoms with E-state index in [4.69, 9.17) is 11.0 Å². The molecule has 3 rings (SSSR count). The Morgan fingerprint density at radius 1 is 1.25 bits per heavy atom. The molecule has 0 aromatic heterocycles. The van der Waals surface area contributed by atoms with Crippen molar-refractivity contribution < 1.29 is 8.42 Å². The number of nitrogens with two attached hydrogens (primary N) is 1. The first-order chi connectivity index (χ1) is 9.52. The topological polar surface area (TPSA) is 87.2 Å². The lowest BCUT2D eigenvalue weighted by Gasteiger charge is -2.18. The largest absolute Gasteiger partial charge is 0.399 e. The maximum absolute atomic E-state index is 12.7. The van der Waals surface area contributed by atoms with Crippen molar-refractivity contribution in [2.45, 2.75) is 24.2 Å². The second-order valence-corrected chi connectivity index (χ2v) is 7.55. The quantitative estimate of drug-likeness (QED) is 0.838. The van der Waals surface area contributed by atoms with Crippen molar-refractivity contribution in [1.82, 2.24) is 4.31 Å². The van der Waals surface area contributed by atoms with Gasteiger partial charge in [0, 0.05) is 18.8 Å². The second kappa shape index (κ2) is 4.76. The summed E-state index contributed by atoms with van der Waals surface area (Å²) in [6.45, 7) is 1.17. The van der Waals surface area contributed by atoms with Crippen molar-refractivity contribution in [1.29, 1.82) is 5.26 Å². The lowest BCUT2D eigenvalue weighted by Crippen LogP contribution is -2.30. The predicted molar refractivity (Wildman–Crippen MR) is 75.2 cm³/mol. The Bertz CT molecular complexity index is 666. The average molecular weight is 291 g/mol. The SMILES string of the molecule is N#Cc1cc(N)ccc1S(=O)(=O)N1CC2CCCC2C1. The first kappa shape index (κ1) is 13.4. The molecule has 2 N–H and O–H groups in total. The molecule has 1 aromatic carbocycles. The average Bonchev–Trinajstić information content (AvgIpc) is 2.99. The van der Waals surface area contributed by atoms with Gasteiger partial charge in [0.05, 0.1) is 5.56 Å². The van der Waals surface area contributed by atoms with Gasteiger partial charge in [0.2, 0.25) is 10.0 Å². The van der Waals surface area contributed by atoms with E-state index in [0.29, 0.717) is 30.6 Å². The van der Waals surface area contributed by atoms with E-state index in [1.54, 1.807) is 0 Å². The van der Waals surface area contributed by atoms with Gasteiger partial charge in [-0.1, -0.05) is 6.42 Å². The highest BCUT2D eigenvalue weighted by Gasteiger charge is 2.41. The van der Waals surface area contributed by atoms with Crippen LogP contribution in [-0.2, 0) is 10.0 Å². The summed E-state index contributed by atoms with van der Waals surface area (Å²) in [5.74, 6) is 0.980. The summed E-state index contributed by atoms with van der Waals surface area (Å²) >= 11 is 0. The number of nitrogens with zero attached hydrogens (tertiary/aromatic N) is 2. The number of rotatable bonds is 2. The molecule has 1 aliphatic carbocycles. The zero-order valence-electron chi connectivity index (χ0n) is 11.1. The molecule has 2 atom stereocenters. The highest BCUT2D eigenvalue weighted by molar-refractivity contribution is 7.89. The Hall–Kier alpha value is -1.58. The number of hydrogen-bond donors (Lipinski definition) is 1. The molecule has 20 heavy (non-hydrogen) atoms. The molecule has 1 aromatic rings. The smallest absolute Gasteiger partial charge is 0.244 e. The molecule has 1 saturated carbocycles. The van der Waals surface area contributed by atoms with Crippen molar-refractivity contribution in [2.75, 3.05) is 18.8 Å². The van der Waals surface area contributed by atoms with Crippen LogP contribution in [0.1, 0.15) is 24.8 Å². The van der Waals surface area contributed by atoms with Crippen molar-refractivity contribution in [3.8, 4) is 6.07 Å². The van der Waals surface area contributed by atoms with Crippen LogP contribution in [0.15, 0.2) is 23.1 Å². The maximum atomic E-state index is 12.7. The number of anilines is 1. The summed E-state index contributed by atoms with van der Waals surface area (Å²) < 4.78 is 26.9. The standard InChI is InChI=1S/C14H17N3O2S/c15-7-12-6-13(16)4-5-14(12)20(18,19)17-8-10-2-1-3-11(10)9-17/h4-6,10-11H,1-3,8-9,16H2. The molecule has 2 unspecified atom stereocenters. The summed E-state index contributed by atoms with van der Waals surface area (Å²) in [5.41, 5.74) is 6.14. The number of hydrogen-bond acceptors (Lipinski definition) is 4. The third-order valence-electron chi connectivity index (χ3n) is 4.43. The van der Waals surface area contributed by atoms with E-state index >= 15 is 0 Å². The minimum Gasteiger partial charge on any atom is -0.399 e. The molecule has 5 nitrogen and oxygen atoms in total. The number of nitrogen functional groups attached to an aromatic ring is 1. The lowest BCUT2D eigenvalue weighted by molar-refractivity contribution is 0.445. The van der Waals surface area contributed by atoms with Crippen LogP contribution in [0.3, 0.4) is 0 Å². The van der Waals surface area contributed by atoms with E-state index in [1.807, 2.05) is 6.07 Å². The molecule has 106 valence electrons. The summed E-state index contributed by atoms with van der Waals surface area (Å²) in [6.07, 6.45) is 3.43.